The van der Waals surface area contributed by atoms with Crippen LogP contribution in [0.4, 0.5) is 0 Å². The number of fused-ring (bicyclic) bond motifs is 1. The molecule has 2 aromatic heterocycles. The van der Waals surface area contributed by atoms with E-state index in [9.17, 15) is 5.11 Å². The van der Waals surface area contributed by atoms with Gasteiger partial charge in [0.05, 0.1) is 20.4 Å². The Labute approximate surface area is 127 Å². The number of aromatic nitrogens is 2. The van der Waals surface area contributed by atoms with Crippen molar-refractivity contribution in [1.82, 2.24) is 9.97 Å². The lowest BCUT2D eigenvalue weighted by atomic mass is 9.83. The summed E-state index contributed by atoms with van der Waals surface area (Å²) in [4.78, 5) is 9.86. The first-order chi connectivity index (χ1) is 10.2. The van der Waals surface area contributed by atoms with Crippen molar-refractivity contribution in [3.63, 3.8) is 0 Å². The van der Waals surface area contributed by atoms with Gasteiger partial charge in [0, 0.05) is 10.8 Å². The van der Waals surface area contributed by atoms with Crippen molar-refractivity contribution in [3.05, 3.63) is 33.8 Å². The van der Waals surface area contributed by atoms with Crippen molar-refractivity contribution in [3.8, 4) is 11.8 Å². The summed E-state index contributed by atoms with van der Waals surface area (Å²) in [5, 5.41) is 12.9. The van der Waals surface area contributed by atoms with E-state index in [0.29, 0.717) is 17.5 Å². The van der Waals surface area contributed by atoms with Crippen LogP contribution in [-0.4, -0.2) is 29.3 Å². The van der Waals surface area contributed by atoms with Gasteiger partial charge in [-0.1, -0.05) is 0 Å². The van der Waals surface area contributed by atoms with Crippen LogP contribution in [0.3, 0.4) is 0 Å². The van der Waals surface area contributed by atoms with Gasteiger partial charge in [0.15, 0.2) is 0 Å². The molecule has 3 rings (SSSR count). The molecule has 0 aromatic carbocycles. The lowest BCUT2D eigenvalue weighted by molar-refractivity contribution is 0.127. The first-order valence-corrected chi connectivity index (χ1v) is 7.81. The molecule has 0 saturated carbocycles. The zero-order valence-corrected chi connectivity index (χ0v) is 12.9. The van der Waals surface area contributed by atoms with E-state index in [4.69, 9.17) is 9.47 Å². The third-order valence-electron chi connectivity index (χ3n) is 3.91. The molecule has 1 aliphatic carbocycles. The summed E-state index contributed by atoms with van der Waals surface area (Å²) < 4.78 is 10.3. The molecule has 1 aliphatic rings. The van der Waals surface area contributed by atoms with Crippen molar-refractivity contribution in [1.29, 1.82) is 0 Å². The minimum atomic E-state index is -0.716. The topological polar surface area (TPSA) is 64.5 Å². The molecule has 2 aromatic rings. The number of methoxy groups -OCH3 is 2. The quantitative estimate of drug-likeness (QED) is 0.941. The molecule has 0 aliphatic heterocycles. The van der Waals surface area contributed by atoms with Crippen LogP contribution in [0.1, 0.15) is 41.0 Å². The second-order valence-corrected chi connectivity index (χ2v) is 6.05. The molecule has 2 heterocycles. The van der Waals surface area contributed by atoms with Crippen LogP contribution >= 0.6 is 11.3 Å². The highest BCUT2D eigenvalue weighted by atomic mass is 32.1. The van der Waals surface area contributed by atoms with Gasteiger partial charge in [-0.05, 0) is 36.3 Å². The minimum Gasteiger partial charge on any atom is -0.480 e. The maximum atomic E-state index is 10.8. The van der Waals surface area contributed by atoms with Crippen LogP contribution < -0.4 is 9.47 Å². The summed E-state index contributed by atoms with van der Waals surface area (Å²) in [5.74, 6) is 0.753. The molecule has 0 spiro atoms. The third-order valence-corrected chi connectivity index (χ3v) is 4.90. The molecule has 6 heteroatoms. The Morgan fingerprint density at radius 2 is 2.24 bits per heavy atom. The fourth-order valence-corrected chi connectivity index (χ4v) is 3.85. The Kier molecular flexibility index (Phi) is 4.07. The molecule has 1 N–H and O–H groups in total. The molecular weight excluding hydrogens is 288 g/mol. The first-order valence-electron chi connectivity index (χ1n) is 6.93. The second-order valence-electron chi connectivity index (χ2n) is 5.05. The third kappa shape index (κ3) is 2.61. The number of ether oxygens (including phenoxy) is 2. The molecule has 0 amide bonds. The molecular formula is C15H18N2O3S. The predicted molar refractivity (Wildman–Crippen MR) is 80.1 cm³/mol. The average Bonchev–Trinajstić information content (AvgIpc) is 3.02. The lowest BCUT2D eigenvalue weighted by Crippen LogP contribution is -2.18. The first kappa shape index (κ1) is 14.3. The van der Waals surface area contributed by atoms with Crippen molar-refractivity contribution >= 4 is 11.3 Å². The summed E-state index contributed by atoms with van der Waals surface area (Å²) >= 11 is 1.76. The normalized spacial score (nSPS) is 18.9. The highest BCUT2D eigenvalue weighted by molar-refractivity contribution is 7.10. The number of hydrogen-bond acceptors (Lipinski definition) is 6. The summed E-state index contributed by atoms with van der Waals surface area (Å²) in [6, 6.07) is 2.11. The lowest BCUT2D eigenvalue weighted by Gasteiger charge is -2.27. The summed E-state index contributed by atoms with van der Waals surface area (Å²) in [6.07, 6.45) is 3.93. The van der Waals surface area contributed by atoms with E-state index in [0.717, 1.165) is 19.3 Å². The number of hydrogen-bond donors (Lipinski definition) is 1. The zero-order chi connectivity index (χ0) is 14.8. The minimum absolute atomic E-state index is 0.0524. The molecule has 112 valence electrons. The van der Waals surface area contributed by atoms with Crippen molar-refractivity contribution in [2.24, 2.45) is 0 Å². The Hall–Kier alpha value is -1.66. The Bertz CT molecular complexity index is 629. The molecule has 21 heavy (non-hydrogen) atoms. The summed E-state index contributed by atoms with van der Waals surface area (Å²) in [7, 11) is 3.05. The smallest absolute Gasteiger partial charge is 0.241 e. The summed E-state index contributed by atoms with van der Waals surface area (Å²) in [5.41, 5.74) is 1.71. The monoisotopic (exact) mass is 306 g/mol. The van der Waals surface area contributed by atoms with Gasteiger partial charge in [-0.3, -0.25) is 0 Å². The molecule has 0 saturated heterocycles. The maximum absolute atomic E-state index is 10.8. The van der Waals surface area contributed by atoms with Crippen LogP contribution in [0.2, 0.25) is 0 Å². The van der Waals surface area contributed by atoms with Crippen LogP contribution in [0.5, 0.6) is 11.8 Å². The summed E-state index contributed by atoms with van der Waals surface area (Å²) in [6.45, 7) is 0. The van der Waals surface area contributed by atoms with Gasteiger partial charge in [-0.15, -0.1) is 11.3 Å². The van der Waals surface area contributed by atoms with Gasteiger partial charge < -0.3 is 14.6 Å². The molecule has 2 unspecified atom stereocenters. The number of aryl methyl sites for hydroxylation is 1. The number of thiophene rings is 1. The van der Waals surface area contributed by atoms with E-state index in [2.05, 4.69) is 21.4 Å². The molecule has 2 atom stereocenters. The van der Waals surface area contributed by atoms with E-state index in [1.54, 1.807) is 11.3 Å². The number of nitrogens with zero attached hydrogens (tertiary/aromatic N) is 2. The molecule has 0 bridgehead atoms. The van der Waals surface area contributed by atoms with Crippen LogP contribution in [0, 0.1) is 0 Å². The van der Waals surface area contributed by atoms with Gasteiger partial charge in [-0.2, -0.15) is 4.98 Å². The van der Waals surface area contributed by atoms with Crippen molar-refractivity contribution in [2.45, 2.75) is 31.3 Å². The van der Waals surface area contributed by atoms with Gasteiger partial charge in [-0.25, -0.2) is 4.98 Å². The van der Waals surface area contributed by atoms with Gasteiger partial charge in [0.25, 0.3) is 0 Å². The van der Waals surface area contributed by atoms with E-state index < -0.39 is 6.10 Å². The highest BCUT2D eigenvalue weighted by Gasteiger charge is 2.31. The highest BCUT2D eigenvalue weighted by Crippen LogP contribution is 2.43. The van der Waals surface area contributed by atoms with E-state index in [1.165, 1.54) is 30.9 Å². The number of rotatable bonds is 4. The van der Waals surface area contributed by atoms with Gasteiger partial charge in [0.1, 0.15) is 11.8 Å². The standard InChI is InChI=1S/C15H18N2O3S/c1-19-12-8-16-13(15(17-12)20-2)14(18)10-4-3-5-11-9(10)6-7-21-11/h6-8,10,14,18H,3-5H2,1-2H3. The average molecular weight is 306 g/mol. The molecule has 0 fully saturated rings. The number of aliphatic hydroxyl groups is 1. The largest absolute Gasteiger partial charge is 0.480 e. The van der Waals surface area contributed by atoms with E-state index in [1.807, 2.05) is 0 Å². The fourth-order valence-electron chi connectivity index (χ4n) is 2.86. The molecule has 5 nitrogen and oxygen atoms in total. The second kappa shape index (κ2) is 5.99. The van der Waals surface area contributed by atoms with E-state index in [-0.39, 0.29) is 5.92 Å². The number of aliphatic hydroxyl groups excluding tert-OH is 1. The predicted octanol–water partition coefficient (Wildman–Crippen LogP) is 2.71. The van der Waals surface area contributed by atoms with E-state index >= 15 is 0 Å². The van der Waals surface area contributed by atoms with Crippen LogP contribution in [0.25, 0.3) is 0 Å². The SMILES string of the molecule is COc1cnc(C(O)C2CCCc3sccc32)c(OC)n1. The fraction of sp³-hybridized carbons (Fsp3) is 0.467. The van der Waals surface area contributed by atoms with Crippen LogP contribution in [-0.2, 0) is 6.42 Å². The Morgan fingerprint density at radius 3 is 3.00 bits per heavy atom. The van der Waals surface area contributed by atoms with Gasteiger partial charge in [0.2, 0.25) is 11.8 Å². The zero-order valence-electron chi connectivity index (χ0n) is 12.1. The van der Waals surface area contributed by atoms with Crippen molar-refractivity contribution in [2.75, 3.05) is 14.2 Å². The van der Waals surface area contributed by atoms with Crippen LogP contribution in [0.15, 0.2) is 17.6 Å². The van der Waals surface area contributed by atoms with Crippen molar-refractivity contribution < 1.29 is 14.6 Å². The maximum Gasteiger partial charge on any atom is 0.241 e. The Balaban J connectivity index is 1.95. The Morgan fingerprint density at radius 1 is 1.38 bits per heavy atom. The van der Waals surface area contributed by atoms with Gasteiger partial charge >= 0.3 is 0 Å². The molecule has 0 radical (unpaired) electrons.